The monoisotopic (exact) mass is 289 g/mol. The third-order valence-electron chi connectivity index (χ3n) is 2.61. The van der Waals surface area contributed by atoms with E-state index >= 15 is 0 Å². The van der Waals surface area contributed by atoms with Crippen LogP contribution in [0.5, 0.6) is 11.5 Å². The summed E-state index contributed by atoms with van der Waals surface area (Å²) in [5.41, 5.74) is 0.666. The van der Waals surface area contributed by atoms with Crippen molar-refractivity contribution in [1.29, 1.82) is 5.26 Å². The summed E-state index contributed by atoms with van der Waals surface area (Å²) in [6.07, 6.45) is 0. The van der Waals surface area contributed by atoms with Crippen molar-refractivity contribution in [3.05, 3.63) is 58.4 Å². The van der Waals surface area contributed by atoms with Crippen molar-refractivity contribution in [2.75, 3.05) is 0 Å². The fourth-order valence-electron chi connectivity index (χ4n) is 1.63. The zero-order valence-corrected chi connectivity index (χ0v) is 11.2. The van der Waals surface area contributed by atoms with Gasteiger partial charge >= 0.3 is 0 Å². The number of rotatable bonds is 3. The van der Waals surface area contributed by atoms with Gasteiger partial charge < -0.3 is 4.74 Å². The molecule has 20 heavy (non-hydrogen) atoms. The minimum atomic E-state index is -0.620. The van der Waals surface area contributed by atoms with E-state index in [1.807, 2.05) is 6.07 Å². The zero-order chi connectivity index (χ0) is 14.7. The van der Waals surface area contributed by atoms with E-state index in [0.29, 0.717) is 11.1 Å². The fraction of sp³-hybridized carbons (Fsp3) is 0.0667. The highest BCUT2D eigenvalue weighted by atomic mass is 35.5. The van der Waals surface area contributed by atoms with E-state index in [-0.39, 0.29) is 22.3 Å². The average molecular weight is 290 g/mol. The van der Waals surface area contributed by atoms with Crippen LogP contribution in [-0.4, -0.2) is 5.78 Å². The van der Waals surface area contributed by atoms with Gasteiger partial charge in [0.05, 0.1) is 22.2 Å². The van der Waals surface area contributed by atoms with Crippen LogP contribution in [0.3, 0.4) is 0 Å². The molecule has 5 heteroatoms. The van der Waals surface area contributed by atoms with E-state index in [4.69, 9.17) is 21.6 Å². The quantitative estimate of drug-likeness (QED) is 0.790. The number of halogens is 2. The smallest absolute Gasteiger partial charge is 0.163 e. The van der Waals surface area contributed by atoms with Crippen molar-refractivity contribution >= 4 is 17.4 Å². The Kier molecular flexibility index (Phi) is 4.02. The lowest BCUT2D eigenvalue weighted by Gasteiger charge is -2.10. The topological polar surface area (TPSA) is 50.1 Å². The van der Waals surface area contributed by atoms with Crippen molar-refractivity contribution < 1.29 is 13.9 Å². The van der Waals surface area contributed by atoms with Crippen LogP contribution >= 0.6 is 11.6 Å². The molecule has 2 rings (SSSR count). The van der Waals surface area contributed by atoms with Crippen molar-refractivity contribution in [3.8, 4) is 17.6 Å². The molecule has 0 bridgehead atoms. The van der Waals surface area contributed by atoms with Crippen molar-refractivity contribution in [2.45, 2.75) is 6.92 Å². The molecule has 2 aromatic carbocycles. The number of ether oxygens (including phenoxy) is 1. The maximum atomic E-state index is 13.4. The highest BCUT2D eigenvalue weighted by Crippen LogP contribution is 2.29. The van der Waals surface area contributed by atoms with Crippen LogP contribution < -0.4 is 4.74 Å². The SMILES string of the molecule is CC(=O)c1ccc(C#N)cc1Oc1ccc(Cl)c(F)c1. The second kappa shape index (κ2) is 5.72. The summed E-state index contributed by atoms with van der Waals surface area (Å²) >= 11 is 5.59. The number of nitrogens with zero attached hydrogens (tertiary/aromatic N) is 1. The lowest BCUT2D eigenvalue weighted by atomic mass is 10.1. The molecule has 0 aliphatic heterocycles. The number of carbonyl (C=O) groups excluding carboxylic acids is 1. The molecule has 0 aliphatic rings. The molecule has 0 aromatic heterocycles. The Bertz CT molecular complexity index is 722. The zero-order valence-electron chi connectivity index (χ0n) is 10.5. The van der Waals surface area contributed by atoms with Crippen molar-refractivity contribution in [2.24, 2.45) is 0 Å². The second-order valence-electron chi connectivity index (χ2n) is 4.06. The third kappa shape index (κ3) is 2.95. The summed E-state index contributed by atoms with van der Waals surface area (Å²) in [4.78, 5) is 11.5. The van der Waals surface area contributed by atoms with Crippen LogP contribution in [0, 0.1) is 17.1 Å². The first-order valence-electron chi connectivity index (χ1n) is 5.69. The standard InChI is InChI=1S/C15H9ClFNO2/c1-9(19)12-4-2-10(8-18)6-15(12)20-11-3-5-13(16)14(17)7-11/h2-7H,1H3. The van der Waals surface area contributed by atoms with Crippen LogP contribution in [0.25, 0.3) is 0 Å². The van der Waals surface area contributed by atoms with Crippen LogP contribution in [0.1, 0.15) is 22.8 Å². The van der Waals surface area contributed by atoms with Gasteiger partial charge in [-0.2, -0.15) is 5.26 Å². The Balaban J connectivity index is 2.43. The molecule has 0 amide bonds. The summed E-state index contributed by atoms with van der Waals surface area (Å²) in [6.45, 7) is 1.39. The Morgan fingerprint density at radius 2 is 2.05 bits per heavy atom. The normalized spacial score (nSPS) is 9.90. The summed E-state index contributed by atoms with van der Waals surface area (Å²) in [6, 6.07) is 10.4. The van der Waals surface area contributed by atoms with Crippen LogP contribution in [0.4, 0.5) is 4.39 Å². The maximum absolute atomic E-state index is 13.4. The van der Waals surface area contributed by atoms with Gasteiger partial charge in [-0.1, -0.05) is 11.6 Å². The van der Waals surface area contributed by atoms with E-state index in [0.717, 1.165) is 6.07 Å². The molecule has 2 aromatic rings. The van der Waals surface area contributed by atoms with Gasteiger partial charge in [-0.15, -0.1) is 0 Å². The Morgan fingerprint density at radius 1 is 1.30 bits per heavy atom. The molecule has 0 radical (unpaired) electrons. The maximum Gasteiger partial charge on any atom is 0.163 e. The van der Waals surface area contributed by atoms with Gasteiger partial charge in [-0.05, 0) is 37.3 Å². The van der Waals surface area contributed by atoms with Crippen LogP contribution in [-0.2, 0) is 0 Å². The molecule has 0 aliphatic carbocycles. The van der Waals surface area contributed by atoms with Gasteiger partial charge in [0.2, 0.25) is 0 Å². The van der Waals surface area contributed by atoms with E-state index in [9.17, 15) is 9.18 Å². The highest BCUT2D eigenvalue weighted by molar-refractivity contribution is 6.30. The summed E-state index contributed by atoms with van der Waals surface area (Å²) in [5.74, 6) is -0.424. The molecule has 3 nitrogen and oxygen atoms in total. The Hall–Kier alpha value is -2.38. The molecule has 0 heterocycles. The third-order valence-corrected chi connectivity index (χ3v) is 2.92. The van der Waals surface area contributed by atoms with Gasteiger partial charge in [-0.3, -0.25) is 4.79 Å². The first kappa shape index (κ1) is 14.0. The van der Waals surface area contributed by atoms with Crippen LogP contribution in [0.2, 0.25) is 5.02 Å². The van der Waals surface area contributed by atoms with E-state index < -0.39 is 5.82 Å². The molecule has 0 saturated heterocycles. The average Bonchev–Trinajstić information content (AvgIpc) is 2.42. The minimum absolute atomic E-state index is 0.0186. The van der Waals surface area contributed by atoms with Crippen molar-refractivity contribution in [1.82, 2.24) is 0 Å². The van der Waals surface area contributed by atoms with Gasteiger partial charge in [0.1, 0.15) is 17.3 Å². The molecular formula is C15H9ClFNO2. The molecule has 0 fully saturated rings. The van der Waals surface area contributed by atoms with E-state index in [1.54, 1.807) is 0 Å². The predicted octanol–water partition coefficient (Wildman–Crippen LogP) is 4.35. The predicted molar refractivity (Wildman–Crippen MR) is 72.6 cm³/mol. The molecule has 0 saturated carbocycles. The number of hydrogen-bond donors (Lipinski definition) is 0. The molecule has 100 valence electrons. The fourth-order valence-corrected chi connectivity index (χ4v) is 1.75. The molecular weight excluding hydrogens is 281 g/mol. The summed E-state index contributed by atoms with van der Waals surface area (Å²) < 4.78 is 18.8. The lowest BCUT2D eigenvalue weighted by molar-refractivity contribution is 0.101. The van der Waals surface area contributed by atoms with E-state index in [2.05, 4.69) is 0 Å². The van der Waals surface area contributed by atoms with Gasteiger partial charge in [-0.25, -0.2) is 4.39 Å². The summed E-state index contributed by atoms with van der Waals surface area (Å²) in [7, 11) is 0. The number of nitriles is 1. The second-order valence-corrected chi connectivity index (χ2v) is 4.46. The van der Waals surface area contributed by atoms with E-state index in [1.165, 1.54) is 37.3 Å². The first-order valence-corrected chi connectivity index (χ1v) is 6.07. The van der Waals surface area contributed by atoms with Gasteiger partial charge in [0, 0.05) is 6.07 Å². The largest absolute Gasteiger partial charge is 0.456 e. The molecule has 0 spiro atoms. The number of carbonyl (C=O) groups is 1. The van der Waals surface area contributed by atoms with Gasteiger partial charge in [0.25, 0.3) is 0 Å². The first-order chi connectivity index (χ1) is 9.51. The number of benzene rings is 2. The van der Waals surface area contributed by atoms with Crippen LogP contribution in [0.15, 0.2) is 36.4 Å². The molecule has 0 N–H and O–H groups in total. The number of Topliss-reactive ketones (excluding diaryl/α,β-unsaturated/α-hetero) is 1. The highest BCUT2D eigenvalue weighted by Gasteiger charge is 2.11. The lowest BCUT2D eigenvalue weighted by Crippen LogP contribution is -1.98. The number of ketones is 1. The van der Waals surface area contributed by atoms with Gasteiger partial charge in [0.15, 0.2) is 5.78 Å². The Labute approximate surface area is 120 Å². The number of hydrogen-bond acceptors (Lipinski definition) is 3. The minimum Gasteiger partial charge on any atom is -0.456 e. The Morgan fingerprint density at radius 3 is 2.65 bits per heavy atom. The summed E-state index contributed by atoms with van der Waals surface area (Å²) in [5, 5.41) is 8.85. The molecule has 0 atom stereocenters. The van der Waals surface area contributed by atoms with Crippen molar-refractivity contribution in [3.63, 3.8) is 0 Å². The molecule has 0 unspecified atom stereocenters.